The molecular weight excluding hydrogens is 172 g/mol. The zero-order chi connectivity index (χ0) is 10.6. The minimum absolute atomic E-state index is 0.386. The molecule has 0 aromatic heterocycles. The predicted molar refractivity (Wildman–Crippen MR) is 61.3 cm³/mol. The van der Waals surface area contributed by atoms with Crippen LogP contribution in [0.1, 0.15) is 23.6 Å². The highest BCUT2D eigenvalue weighted by Crippen LogP contribution is 2.09. The van der Waals surface area contributed by atoms with Gasteiger partial charge in [-0.15, -0.1) is 0 Å². The van der Waals surface area contributed by atoms with Gasteiger partial charge in [0.1, 0.15) is 0 Å². The Balaban J connectivity index is 2.55. The fourth-order valence-electron chi connectivity index (χ4n) is 1.29. The van der Waals surface area contributed by atoms with Crippen molar-refractivity contribution in [1.29, 1.82) is 0 Å². The van der Waals surface area contributed by atoms with Gasteiger partial charge in [0.05, 0.1) is 0 Å². The monoisotopic (exact) mass is 192 g/mol. The van der Waals surface area contributed by atoms with Crippen molar-refractivity contribution in [2.45, 2.75) is 33.4 Å². The quantitative estimate of drug-likeness (QED) is 0.762. The molecule has 2 nitrogen and oxygen atoms in total. The van der Waals surface area contributed by atoms with Crippen LogP contribution in [0.2, 0.25) is 0 Å². The summed E-state index contributed by atoms with van der Waals surface area (Å²) < 4.78 is 0. The van der Waals surface area contributed by atoms with E-state index in [2.05, 4.69) is 44.3 Å². The Morgan fingerprint density at radius 2 is 2.00 bits per heavy atom. The highest BCUT2D eigenvalue weighted by Gasteiger charge is 1.99. The van der Waals surface area contributed by atoms with Crippen molar-refractivity contribution in [3.8, 4) is 0 Å². The Morgan fingerprint density at radius 1 is 1.29 bits per heavy atom. The second-order valence-electron chi connectivity index (χ2n) is 3.94. The maximum atomic E-state index is 5.53. The molecule has 0 aliphatic carbocycles. The Hall–Kier alpha value is -0.860. The van der Waals surface area contributed by atoms with Gasteiger partial charge in [-0.05, 0) is 37.5 Å². The van der Waals surface area contributed by atoms with Crippen molar-refractivity contribution in [1.82, 2.24) is 5.32 Å². The number of benzene rings is 1. The molecule has 0 aliphatic rings. The molecule has 0 bridgehead atoms. The van der Waals surface area contributed by atoms with Crippen LogP contribution in [0.4, 0.5) is 0 Å². The Bertz CT molecular complexity index is 294. The number of hydrogen-bond acceptors (Lipinski definition) is 2. The van der Waals surface area contributed by atoms with Crippen LogP contribution in [0.3, 0.4) is 0 Å². The van der Waals surface area contributed by atoms with E-state index in [0.29, 0.717) is 12.6 Å². The summed E-state index contributed by atoms with van der Waals surface area (Å²) >= 11 is 0. The van der Waals surface area contributed by atoms with E-state index in [1.807, 2.05) is 0 Å². The summed E-state index contributed by atoms with van der Waals surface area (Å²) in [4.78, 5) is 0. The van der Waals surface area contributed by atoms with Crippen LogP contribution in [0.25, 0.3) is 0 Å². The first kappa shape index (κ1) is 11.2. The molecule has 14 heavy (non-hydrogen) atoms. The van der Waals surface area contributed by atoms with Crippen LogP contribution in [-0.2, 0) is 6.54 Å². The van der Waals surface area contributed by atoms with Crippen LogP contribution in [0.15, 0.2) is 18.2 Å². The van der Waals surface area contributed by atoms with Gasteiger partial charge in [0.2, 0.25) is 0 Å². The lowest BCUT2D eigenvalue weighted by Crippen LogP contribution is -2.32. The molecule has 1 atom stereocenters. The number of nitrogens with one attached hydrogen (secondary N) is 1. The molecule has 0 amide bonds. The van der Waals surface area contributed by atoms with E-state index in [4.69, 9.17) is 5.73 Å². The van der Waals surface area contributed by atoms with E-state index in [-0.39, 0.29) is 0 Å². The molecule has 0 heterocycles. The fraction of sp³-hybridized carbons (Fsp3) is 0.500. The standard InChI is InChI=1S/C12H20N2/c1-9-4-5-12(6-10(9)2)8-14-11(3)7-13/h4-6,11,14H,7-8,13H2,1-3H3. The minimum Gasteiger partial charge on any atom is -0.329 e. The molecule has 0 saturated heterocycles. The Kier molecular flexibility index (Phi) is 4.11. The van der Waals surface area contributed by atoms with Crippen LogP contribution in [0, 0.1) is 13.8 Å². The SMILES string of the molecule is Cc1ccc(CNC(C)CN)cc1C. The average Bonchev–Trinajstić information content (AvgIpc) is 2.19. The highest BCUT2D eigenvalue weighted by molar-refractivity contribution is 5.29. The summed E-state index contributed by atoms with van der Waals surface area (Å²) in [5, 5.41) is 3.37. The molecule has 0 aliphatic heterocycles. The molecule has 1 aromatic rings. The number of hydrogen-bond donors (Lipinski definition) is 2. The maximum Gasteiger partial charge on any atom is 0.0208 e. The first-order chi connectivity index (χ1) is 6.63. The van der Waals surface area contributed by atoms with Gasteiger partial charge in [-0.25, -0.2) is 0 Å². The highest BCUT2D eigenvalue weighted by atomic mass is 14.9. The largest absolute Gasteiger partial charge is 0.329 e. The van der Waals surface area contributed by atoms with E-state index >= 15 is 0 Å². The molecule has 0 radical (unpaired) electrons. The third-order valence-electron chi connectivity index (χ3n) is 2.58. The van der Waals surface area contributed by atoms with Gasteiger partial charge < -0.3 is 11.1 Å². The first-order valence-corrected chi connectivity index (χ1v) is 5.13. The molecule has 3 N–H and O–H groups in total. The zero-order valence-electron chi connectivity index (χ0n) is 9.30. The zero-order valence-corrected chi connectivity index (χ0v) is 9.30. The van der Waals surface area contributed by atoms with Gasteiger partial charge in [-0.3, -0.25) is 0 Å². The molecule has 0 saturated carbocycles. The van der Waals surface area contributed by atoms with Crippen molar-refractivity contribution in [3.63, 3.8) is 0 Å². The van der Waals surface area contributed by atoms with E-state index in [9.17, 15) is 0 Å². The molecule has 78 valence electrons. The average molecular weight is 192 g/mol. The van der Waals surface area contributed by atoms with Gasteiger partial charge in [-0.2, -0.15) is 0 Å². The lowest BCUT2D eigenvalue weighted by atomic mass is 10.1. The van der Waals surface area contributed by atoms with E-state index < -0.39 is 0 Å². The summed E-state index contributed by atoms with van der Waals surface area (Å²) in [6.07, 6.45) is 0. The van der Waals surface area contributed by atoms with E-state index in [0.717, 1.165) is 6.54 Å². The van der Waals surface area contributed by atoms with Crippen LogP contribution < -0.4 is 11.1 Å². The fourth-order valence-corrected chi connectivity index (χ4v) is 1.29. The Morgan fingerprint density at radius 3 is 2.57 bits per heavy atom. The molecule has 1 aromatic carbocycles. The predicted octanol–water partition coefficient (Wildman–Crippen LogP) is 1.74. The lowest BCUT2D eigenvalue weighted by molar-refractivity contribution is 0.556. The maximum absolute atomic E-state index is 5.53. The summed E-state index contributed by atoms with van der Waals surface area (Å²) in [5.74, 6) is 0. The van der Waals surface area contributed by atoms with Gasteiger partial charge >= 0.3 is 0 Å². The van der Waals surface area contributed by atoms with Gasteiger partial charge in [-0.1, -0.05) is 18.2 Å². The topological polar surface area (TPSA) is 38.0 Å². The third kappa shape index (κ3) is 3.13. The second kappa shape index (κ2) is 5.13. The smallest absolute Gasteiger partial charge is 0.0208 e. The van der Waals surface area contributed by atoms with E-state index in [1.54, 1.807) is 0 Å². The molecule has 2 heteroatoms. The number of nitrogens with two attached hydrogens (primary N) is 1. The van der Waals surface area contributed by atoms with Crippen LogP contribution in [-0.4, -0.2) is 12.6 Å². The van der Waals surface area contributed by atoms with Crippen molar-refractivity contribution < 1.29 is 0 Å². The van der Waals surface area contributed by atoms with Gasteiger partial charge in [0.25, 0.3) is 0 Å². The number of aryl methyl sites for hydroxylation is 2. The van der Waals surface area contributed by atoms with Crippen LogP contribution in [0.5, 0.6) is 0 Å². The summed E-state index contributed by atoms with van der Waals surface area (Å²) in [5.41, 5.74) is 9.55. The van der Waals surface area contributed by atoms with E-state index in [1.165, 1.54) is 16.7 Å². The normalized spacial score (nSPS) is 12.9. The molecule has 0 fully saturated rings. The summed E-state index contributed by atoms with van der Waals surface area (Å²) in [7, 11) is 0. The van der Waals surface area contributed by atoms with Gasteiger partial charge in [0, 0.05) is 19.1 Å². The molecule has 1 rings (SSSR count). The third-order valence-corrected chi connectivity index (χ3v) is 2.58. The summed E-state index contributed by atoms with van der Waals surface area (Å²) in [6, 6.07) is 6.94. The molecule has 1 unspecified atom stereocenters. The minimum atomic E-state index is 0.386. The van der Waals surface area contributed by atoms with Gasteiger partial charge in [0.15, 0.2) is 0 Å². The first-order valence-electron chi connectivity index (χ1n) is 5.13. The summed E-state index contributed by atoms with van der Waals surface area (Å²) in [6.45, 7) is 7.96. The van der Waals surface area contributed by atoms with Crippen molar-refractivity contribution in [2.24, 2.45) is 5.73 Å². The molecule has 0 spiro atoms. The lowest BCUT2D eigenvalue weighted by Gasteiger charge is -2.11. The van der Waals surface area contributed by atoms with Crippen LogP contribution >= 0.6 is 0 Å². The second-order valence-corrected chi connectivity index (χ2v) is 3.94. The molecular formula is C12H20N2. The number of rotatable bonds is 4. The van der Waals surface area contributed by atoms with Crippen molar-refractivity contribution >= 4 is 0 Å². The van der Waals surface area contributed by atoms with Crippen molar-refractivity contribution in [2.75, 3.05) is 6.54 Å². The van der Waals surface area contributed by atoms with Crippen molar-refractivity contribution in [3.05, 3.63) is 34.9 Å². The Labute approximate surface area is 86.5 Å².